The van der Waals surface area contributed by atoms with E-state index in [1.54, 1.807) is 12.1 Å². The van der Waals surface area contributed by atoms with Crippen LogP contribution in [0.3, 0.4) is 0 Å². The second-order valence-electron chi connectivity index (χ2n) is 4.38. The van der Waals surface area contributed by atoms with Gasteiger partial charge in [-0.15, -0.1) is 0 Å². The molecule has 2 N–H and O–H groups in total. The standard InChI is InChI=1S/C14H12BrN3O2/c1-8-2-4-10(11(15)6-8)13-17-14(20-18-13)12-5-3-9(7-16)19-12/h2-6H,7,16H2,1H3. The molecule has 0 fully saturated rings. The van der Waals surface area contributed by atoms with Crippen LogP contribution in [0.1, 0.15) is 11.3 Å². The van der Waals surface area contributed by atoms with Gasteiger partial charge in [-0.1, -0.05) is 27.2 Å². The fourth-order valence-corrected chi connectivity index (χ4v) is 2.51. The van der Waals surface area contributed by atoms with E-state index in [4.69, 9.17) is 14.7 Å². The number of nitrogens with zero attached hydrogens (tertiary/aromatic N) is 2. The fraction of sp³-hybridized carbons (Fsp3) is 0.143. The Hall–Kier alpha value is -1.92. The Kier molecular flexibility index (Phi) is 3.42. The Morgan fingerprint density at radius 3 is 2.80 bits per heavy atom. The largest absolute Gasteiger partial charge is 0.455 e. The second-order valence-corrected chi connectivity index (χ2v) is 5.23. The zero-order valence-corrected chi connectivity index (χ0v) is 12.3. The molecule has 0 atom stereocenters. The van der Waals surface area contributed by atoms with Crippen molar-refractivity contribution in [1.82, 2.24) is 10.1 Å². The molecule has 1 aromatic carbocycles. The topological polar surface area (TPSA) is 78.1 Å². The van der Waals surface area contributed by atoms with Crippen LogP contribution in [0.25, 0.3) is 23.0 Å². The summed E-state index contributed by atoms with van der Waals surface area (Å²) in [5.74, 6) is 2.05. The summed E-state index contributed by atoms with van der Waals surface area (Å²) in [7, 11) is 0. The maximum absolute atomic E-state index is 5.50. The van der Waals surface area contributed by atoms with Crippen LogP contribution in [0.5, 0.6) is 0 Å². The van der Waals surface area contributed by atoms with Gasteiger partial charge in [-0.2, -0.15) is 4.98 Å². The number of aromatic nitrogens is 2. The summed E-state index contributed by atoms with van der Waals surface area (Å²) in [5, 5.41) is 3.98. The molecule has 3 rings (SSSR count). The molecule has 2 aromatic heterocycles. The maximum atomic E-state index is 5.50. The van der Waals surface area contributed by atoms with E-state index in [0.29, 0.717) is 29.8 Å². The summed E-state index contributed by atoms with van der Waals surface area (Å²) in [4.78, 5) is 4.35. The van der Waals surface area contributed by atoms with Crippen LogP contribution in [-0.4, -0.2) is 10.1 Å². The maximum Gasteiger partial charge on any atom is 0.293 e. The predicted molar refractivity (Wildman–Crippen MR) is 77.8 cm³/mol. The van der Waals surface area contributed by atoms with Crippen molar-refractivity contribution in [2.45, 2.75) is 13.5 Å². The molecule has 0 radical (unpaired) electrons. The van der Waals surface area contributed by atoms with Crippen LogP contribution in [-0.2, 0) is 6.54 Å². The molecule has 0 aliphatic carbocycles. The number of nitrogens with two attached hydrogens (primary N) is 1. The molecule has 0 saturated heterocycles. The van der Waals surface area contributed by atoms with E-state index < -0.39 is 0 Å². The minimum Gasteiger partial charge on any atom is -0.455 e. The first-order chi connectivity index (χ1) is 9.67. The van der Waals surface area contributed by atoms with E-state index in [9.17, 15) is 0 Å². The van der Waals surface area contributed by atoms with E-state index in [0.717, 1.165) is 15.6 Å². The monoisotopic (exact) mass is 333 g/mol. The third-order valence-electron chi connectivity index (χ3n) is 2.87. The number of halogens is 1. The lowest BCUT2D eigenvalue weighted by molar-refractivity contribution is 0.412. The highest BCUT2D eigenvalue weighted by molar-refractivity contribution is 9.10. The van der Waals surface area contributed by atoms with Gasteiger partial charge >= 0.3 is 0 Å². The van der Waals surface area contributed by atoms with Crippen molar-refractivity contribution in [2.75, 3.05) is 0 Å². The molecule has 0 aliphatic rings. The highest BCUT2D eigenvalue weighted by Gasteiger charge is 2.15. The van der Waals surface area contributed by atoms with Crippen molar-refractivity contribution in [3.63, 3.8) is 0 Å². The molecular formula is C14H12BrN3O2. The number of aryl methyl sites for hydroxylation is 1. The van der Waals surface area contributed by atoms with Crippen molar-refractivity contribution < 1.29 is 8.94 Å². The third kappa shape index (κ3) is 2.39. The molecule has 0 aliphatic heterocycles. The van der Waals surface area contributed by atoms with Crippen molar-refractivity contribution in [3.8, 4) is 23.0 Å². The number of rotatable bonds is 3. The fourth-order valence-electron chi connectivity index (χ4n) is 1.84. The smallest absolute Gasteiger partial charge is 0.293 e. The van der Waals surface area contributed by atoms with Crippen LogP contribution in [0.2, 0.25) is 0 Å². The van der Waals surface area contributed by atoms with Gasteiger partial charge in [0, 0.05) is 10.0 Å². The summed E-state index contributed by atoms with van der Waals surface area (Å²) in [5.41, 5.74) is 7.53. The Morgan fingerprint density at radius 1 is 1.25 bits per heavy atom. The lowest BCUT2D eigenvalue weighted by Gasteiger charge is -1.99. The molecule has 0 amide bonds. The summed E-state index contributed by atoms with van der Waals surface area (Å²) < 4.78 is 11.6. The minimum atomic E-state index is 0.338. The molecule has 0 saturated carbocycles. The number of hydrogen-bond acceptors (Lipinski definition) is 5. The third-order valence-corrected chi connectivity index (χ3v) is 3.52. The van der Waals surface area contributed by atoms with Gasteiger partial charge in [0.1, 0.15) is 5.76 Å². The van der Waals surface area contributed by atoms with Gasteiger partial charge in [0.05, 0.1) is 6.54 Å². The molecule has 2 heterocycles. The molecule has 0 unspecified atom stereocenters. The number of benzene rings is 1. The lowest BCUT2D eigenvalue weighted by atomic mass is 10.1. The lowest BCUT2D eigenvalue weighted by Crippen LogP contribution is -1.92. The summed E-state index contributed by atoms with van der Waals surface area (Å²) in [6.07, 6.45) is 0. The summed E-state index contributed by atoms with van der Waals surface area (Å²) in [6.45, 7) is 2.36. The van der Waals surface area contributed by atoms with E-state index in [1.165, 1.54) is 0 Å². The zero-order valence-electron chi connectivity index (χ0n) is 10.8. The molecule has 6 heteroatoms. The first kappa shape index (κ1) is 13.1. The van der Waals surface area contributed by atoms with Gasteiger partial charge in [-0.05, 0) is 36.8 Å². The average molecular weight is 334 g/mol. The van der Waals surface area contributed by atoms with Gasteiger partial charge in [0.15, 0.2) is 5.76 Å². The van der Waals surface area contributed by atoms with Gasteiger partial charge < -0.3 is 14.7 Å². The Labute approximate surface area is 123 Å². The van der Waals surface area contributed by atoms with E-state index in [2.05, 4.69) is 26.1 Å². The molecule has 0 spiro atoms. The first-order valence-electron chi connectivity index (χ1n) is 6.07. The molecule has 5 nitrogen and oxygen atoms in total. The van der Waals surface area contributed by atoms with Crippen molar-refractivity contribution >= 4 is 15.9 Å². The van der Waals surface area contributed by atoms with Gasteiger partial charge in [0.25, 0.3) is 5.89 Å². The zero-order chi connectivity index (χ0) is 14.1. The average Bonchev–Trinajstić information content (AvgIpc) is 3.07. The number of furan rings is 1. The summed E-state index contributed by atoms with van der Waals surface area (Å²) >= 11 is 3.50. The second kappa shape index (κ2) is 5.22. The van der Waals surface area contributed by atoms with Gasteiger partial charge in [-0.25, -0.2) is 0 Å². The van der Waals surface area contributed by atoms with Crippen LogP contribution in [0, 0.1) is 6.92 Å². The van der Waals surface area contributed by atoms with Crippen molar-refractivity contribution in [3.05, 3.63) is 46.1 Å². The Bertz CT molecular complexity index is 748. The van der Waals surface area contributed by atoms with Gasteiger partial charge in [-0.3, -0.25) is 0 Å². The molecule has 0 bridgehead atoms. The Morgan fingerprint density at radius 2 is 2.10 bits per heavy atom. The van der Waals surface area contributed by atoms with Crippen LogP contribution in [0.15, 0.2) is 43.7 Å². The quantitative estimate of drug-likeness (QED) is 0.793. The summed E-state index contributed by atoms with van der Waals surface area (Å²) in [6, 6.07) is 9.51. The van der Waals surface area contributed by atoms with Crippen molar-refractivity contribution in [1.29, 1.82) is 0 Å². The molecule has 102 valence electrons. The predicted octanol–water partition coefficient (Wildman–Crippen LogP) is 3.53. The minimum absolute atomic E-state index is 0.338. The van der Waals surface area contributed by atoms with Crippen LogP contribution < -0.4 is 5.73 Å². The first-order valence-corrected chi connectivity index (χ1v) is 6.86. The van der Waals surface area contributed by atoms with Crippen LogP contribution in [0.4, 0.5) is 0 Å². The highest BCUT2D eigenvalue weighted by Crippen LogP contribution is 2.29. The number of hydrogen-bond donors (Lipinski definition) is 1. The van der Waals surface area contributed by atoms with E-state index in [-0.39, 0.29) is 0 Å². The highest BCUT2D eigenvalue weighted by atomic mass is 79.9. The van der Waals surface area contributed by atoms with Gasteiger partial charge in [0.2, 0.25) is 5.82 Å². The molecule has 20 heavy (non-hydrogen) atoms. The Balaban J connectivity index is 1.97. The van der Waals surface area contributed by atoms with E-state index in [1.807, 2.05) is 25.1 Å². The SMILES string of the molecule is Cc1ccc(-c2noc(-c3ccc(CN)o3)n2)c(Br)c1. The molecule has 3 aromatic rings. The van der Waals surface area contributed by atoms with E-state index >= 15 is 0 Å². The van der Waals surface area contributed by atoms with Crippen LogP contribution >= 0.6 is 15.9 Å². The molecular weight excluding hydrogens is 322 g/mol. The normalized spacial score (nSPS) is 10.9. The van der Waals surface area contributed by atoms with Crippen molar-refractivity contribution in [2.24, 2.45) is 5.73 Å².